The van der Waals surface area contributed by atoms with Crippen molar-refractivity contribution in [2.24, 2.45) is 0 Å². The Balaban J connectivity index is 4.75. The quantitative estimate of drug-likeness (QED) is 0.558. The SMILES string of the molecule is CCCOP(=O)(OC(C)C)N(CCC)CCC. The van der Waals surface area contributed by atoms with Crippen LogP contribution in [0.2, 0.25) is 0 Å². The first-order valence-corrected chi connectivity index (χ1v) is 8.18. The van der Waals surface area contributed by atoms with Crippen LogP contribution >= 0.6 is 7.75 Å². The minimum atomic E-state index is -3.10. The van der Waals surface area contributed by atoms with Gasteiger partial charge in [0.05, 0.1) is 12.7 Å². The van der Waals surface area contributed by atoms with Gasteiger partial charge in [-0.1, -0.05) is 20.8 Å². The average molecular weight is 265 g/mol. The van der Waals surface area contributed by atoms with Gasteiger partial charge in [-0.15, -0.1) is 0 Å². The minimum absolute atomic E-state index is 0.0890. The molecule has 1 unspecified atom stereocenters. The zero-order valence-electron chi connectivity index (χ0n) is 11.9. The van der Waals surface area contributed by atoms with Gasteiger partial charge in [0.25, 0.3) is 0 Å². The predicted octanol–water partition coefficient (Wildman–Crippen LogP) is 4.07. The summed E-state index contributed by atoms with van der Waals surface area (Å²) in [7, 11) is -3.10. The number of hydrogen-bond donors (Lipinski definition) is 0. The Morgan fingerprint density at radius 1 is 1.06 bits per heavy atom. The van der Waals surface area contributed by atoms with E-state index in [9.17, 15) is 4.57 Å². The van der Waals surface area contributed by atoms with Crippen LogP contribution in [0.15, 0.2) is 0 Å². The molecule has 0 aliphatic carbocycles. The van der Waals surface area contributed by atoms with Gasteiger partial charge in [-0.25, -0.2) is 9.24 Å². The molecule has 0 spiro atoms. The Bertz CT molecular complexity index is 228. The first-order chi connectivity index (χ1) is 8.00. The normalized spacial score (nSPS) is 15.5. The van der Waals surface area contributed by atoms with Crippen molar-refractivity contribution >= 4 is 7.75 Å². The van der Waals surface area contributed by atoms with E-state index in [2.05, 4.69) is 13.8 Å². The molecule has 0 amide bonds. The van der Waals surface area contributed by atoms with Gasteiger partial charge in [-0.05, 0) is 33.1 Å². The third kappa shape index (κ3) is 6.56. The van der Waals surface area contributed by atoms with Crippen LogP contribution in [0.4, 0.5) is 0 Å². The summed E-state index contributed by atoms with van der Waals surface area (Å²) in [6.07, 6.45) is 2.65. The van der Waals surface area contributed by atoms with Crippen LogP contribution < -0.4 is 0 Å². The molecule has 0 radical (unpaired) electrons. The molecule has 0 aliphatic heterocycles. The first kappa shape index (κ1) is 17.1. The topological polar surface area (TPSA) is 38.8 Å². The van der Waals surface area contributed by atoms with E-state index in [1.54, 1.807) is 0 Å². The maximum absolute atomic E-state index is 12.7. The summed E-state index contributed by atoms with van der Waals surface area (Å²) in [5.41, 5.74) is 0. The van der Waals surface area contributed by atoms with Crippen LogP contribution in [0, 0.1) is 0 Å². The van der Waals surface area contributed by atoms with Crippen LogP contribution in [0.1, 0.15) is 53.9 Å². The molecule has 104 valence electrons. The Labute approximate surface area is 106 Å². The number of rotatable bonds is 10. The Kier molecular flexibility index (Phi) is 9.15. The molecule has 0 saturated heterocycles. The summed E-state index contributed by atoms with van der Waals surface area (Å²) in [6, 6.07) is 0. The molecule has 0 rings (SSSR count). The second kappa shape index (κ2) is 9.09. The molecule has 5 heteroatoms. The van der Waals surface area contributed by atoms with E-state index >= 15 is 0 Å². The molecule has 0 N–H and O–H groups in total. The Morgan fingerprint density at radius 3 is 1.94 bits per heavy atom. The molecule has 0 fully saturated rings. The molecular formula is C12H28NO3P. The van der Waals surface area contributed by atoms with E-state index < -0.39 is 7.75 Å². The molecule has 0 aliphatic rings. The third-order valence-corrected chi connectivity index (χ3v) is 4.40. The van der Waals surface area contributed by atoms with Crippen molar-refractivity contribution in [1.82, 2.24) is 4.67 Å². The molecule has 0 bridgehead atoms. The van der Waals surface area contributed by atoms with Gasteiger partial charge < -0.3 is 0 Å². The van der Waals surface area contributed by atoms with Crippen molar-refractivity contribution in [2.45, 2.75) is 60.0 Å². The molecule has 0 aromatic heterocycles. The lowest BCUT2D eigenvalue weighted by atomic mass is 10.4. The largest absolute Gasteiger partial charge is 0.408 e. The number of hydrogen-bond acceptors (Lipinski definition) is 3. The van der Waals surface area contributed by atoms with Crippen molar-refractivity contribution in [1.29, 1.82) is 0 Å². The molecular weight excluding hydrogens is 237 g/mol. The van der Waals surface area contributed by atoms with Gasteiger partial charge in [-0.2, -0.15) is 0 Å². The standard InChI is InChI=1S/C12H28NO3P/c1-6-9-13(10-7-2)17(14,15-11-8-3)16-12(4)5/h12H,6-11H2,1-5H3. The smallest absolute Gasteiger partial charge is 0.297 e. The van der Waals surface area contributed by atoms with E-state index in [0.717, 1.165) is 32.4 Å². The summed E-state index contributed by atoms with van der Waals surface area (Å²) in [5, 5.41) is 0. The average Bonchev–Trinajstić information content (AvgIpc) is 2.25. The lowest BCUT2D eigenvalue weighted by Crippen LogP contribution is -2.26. The Hall–Kier alpha value is 0.110. The highest BCUT2D eigenvalue weighted by atomic mass is 31.2. The van der Waals surface area contributed by atoms with Crippen LogP contribution in [0.25, 0.3) is 0 Å². The maximum atomic E-state index is 12.7. The molecule has 0 aromatic carbocycles. The van der Waals surface area contributed by atoms with E-state index in [-0.39, 0.29) is 6.10 Å². The highest BCUT2D eigenvalue weighted by molar-refractivity contribution is 7.51. The van der Waals surface area contributed by atoms with Crippen molar-refractivity contribution in [3.05, 3.63) is 0 Å². The highest BCUT2D eigenvalue weighted by Crippen LogP contribution is 2.53. The van der Waals surface area contributed by atoms with E-state index in [0.29, 0.717) is 6.61 Å². The van der Waals surface area contributed by atoms with E-state index in [1.165, 1.54) is 0 Å². The van der Waals surface area contributed by atoms with Crippen LogP contribution in [-0.2, 0) is 13.6 Å². The van der Waals surface area contributed by atoms with Crippen LogP contribution in [-0.4, -0.2) is 30.5 Å². The van der Waals surface area contributed by atoms with Gasteiger partial charge in [0, 0.05) is 13.1 Å². The first-order valence-electron chi connectivity index (χ1n) is 6.68. The fourth-order valence-corrected chi connectivity index (χ4v) is 3.72. The molecule has 0 saturated carbocycles. The van der Waals surface area contributed by atoms with Gasteiger partial charge in [0.2, 0.25) is 0 Å². The van der Waals surface area contributed by atoms with Crippen molar-refractivity contribution in [2.75, 3.05) is 19.7 Å². The van der Waals surface area contributed by atoms with Crippen LogP contribution in [0.5, 0.6) is 0 Å². The summed E-state index contributed by atoms with van der Waals surface area (Å²) >= 11 is 0. The zero-order valence-corrected chi connectivity index (χ0v) is 12.8. The fourth-order valence-electron chi connectivity index (χ4n) is 1.52. The molecule has 0 heterocycles. The molecule has 17 heavy (non-hydrogen) atoms. The van der Waals surface area contributed by atoms with Gasteiger partial charge in [0.1, 0.15) is 0 Å². The summed E-state index contributed by atoms with van der Waals surface area (Å²) in [5.74, 6) is 0. The third-order valence-electron chi connectivity index (χ3n) is 2.11. The van der Waals surface area contributed by atoms with Crippen molar-refractivity contribution < 1.29 is 13.6 Å². The lowest BCUT2D eigenvalue weighted by Gasteiger charge is -2.30. The van der Waals surface area contributed by atoms with Gasteiger partial charge >= 0.3 is 7.75 Å². The zero-order chi connectivity index (χ0) is 13.3. The second-order valence-electron chi connectivity index (χ2n) is 4.41. The molecule has 4 nitrogen and oxygen atoms in total. The maximum Gasteiger partial charge on any atom is 0.408 e. The highest BCUT2D eigenvalue weighted by Gasteiger charge is 2.33. The molecule has 0 aromatic rings. The van der Waals surface area contributed by atoms with Gasteiger partial charge in [-0.3, -0.25) is 9.05 Å². The molecule has 1 atom stereocenters. The predicted molar refractivity (Wildman–Crippen MR) is 72.2 cm³/mol. The summed E-state index contributed by atoms with van der Waals surface area (Å²) in [6.45, 7) is 11.9. The van der Waals surface area contributed by atoms with Gasteiger partial charge in [0.15, 0.2) is 0 Å². The second-order valence-corrected chi connectivity index (χ2v) is 6.38. The number of nitrogens with zero attached hydrogens (tertiary/aromatic N) is 1. The lowest BCUT2D eigenvalue weighted by molar-refractivity contribution is 0.127. The monoisotopic (exact) mass is 265 g/mol. The summed E-state index contributed by atoms with van der Waals surface area (Å²) < 4.78 is 25.7. The Morgan fingerprint density at radius 2 is 1.59 bits per heavy atom. The van der Waals surface area contributed by atoms with E-state index in [1.807, 2.05) is 25.4 Å². The van der Waals surface area contributed by atoms with Crippen molar-refractivity contribution in [3.63, 3.8) is 0 Å². The summed E-state index contributed by atoms with van der Waals surface area (Å²) in [4.78, 5) is 0. The van der Waals surface area contributed by atoms with Crippen LogP contribution in [0.3, 0.4) is 0 Å². The fraction of sp³-hybridized carbons (Fsp3) is 1.00. The van der Waals surface area contributed by atoms with Crippen molar-refractivity contribution in [3.8, 4) is 0 Å². The minimum Gasteiger partial charge on any atom is -0.297 e. The van der Waals surface area contributed by atoms with E-state index in [4.69, 9.17) is 9.05 Å².